The van der Waals surface area contributed by atoms with Crippen LogP contribution in [0.25, 0.3) is 0 Å². The molecule has 0 spiro atoms. The predicted octanol–water partition coefficient (Wildman–Crippen LogP) is 1.90. The van der Waals surface area contributed by atoms with Gasteiger partial charge in [-0.3, -0.25) is 0 Å². The van der Waals surface area contributed by atoms with E-state index < -0.39 is 0 Å². The molecule has 0 saturated heterocycles. The van der Waals surface area contributed by atoms with E-state index in [1.54, 1.807) is 11.0 Å². The van der Waals surface area contributed by atoms with E-state index in [4.69, 9.17) is 11.6 Å². The van der Waals surface area contributed by atoms with Crippen molar-refractivity contribution in [1.29, 1.82) is 0 Å². The second-order valence-corrected chi connectivity index (χ2v) is 2.59. The summed E-state index contributed by atoms with van der Waals surface area (Å²) in [7, 11) is 0. The first-order valence-corrected chi connectivity index (χ1v) is 3.68. The Morgan fingerprint density at radius 3 is 2.90 bits per heavy atom. The predicted molar refractivity (Wildman–Crippen MR) is 40.0 cm³/mol. The summed E-state index contributed by atoms with van der Waals surface area (Å²) >= 11 is 5.52. The van der Waals surface area contributed by atoms with Crippen molar-refractivity contribution >= 4 is 11.6 Å². The first kappa shape index (κ1) is 7.54. The van der Waals surface area contributed by atoms with E-state index in [2.05, 4.69) is 23.9 Å². The smallest absolute Gasteiger partial charge is 0.242 e. The van der Waals surface area contributed by atoms with Gasteiger partial charge in [-0.1, -0.05) is 6.92 Å². The summed E-state index contributed by atoms with van der Waals surface area (Å²) in [5.41, 5.74) is 0. The van der Waals surface area contributed by atoms with Gasteiger partial charge < -0.3 is 0 Å². The maximum atomic E-state index is 5.52. The Kier molecular flexibility index (Phi) is 2.27. The third-order valence-electron chi connectivity index (χ3n) is 1.52. The molecule has 0 saturated carbocycles. The number of nitrogens with zero attached hydrogens (tertiary/aromatic N) is 3. The van der Waals surface area contributed by atoms with Crippen molar-refractivity contribution in [3.63, 3.8) is 0 Å². The summed E-state index contributed by atoms with van der Waals surface area (Å²) in [6.07, 6.45) is 2.69. The van der Waals surface area contributed by atoms with Crippen LogP contribution in [0.3, 0.4) is 0 Å². The fraction of sp³-hybridized carbons (Fsp3) is 0.667. The molecule has 1 aromatic rings. The zero-order chi connectivity index (χ0) is 7.56. The molecule has 1 aromatic heterocycles. The zero-order valence-electron chi connectivity index (χ0n) is 6.08. The first-order valence-electron chi connectivity index (χ1n) is 3.30. The van der Waals surface area contributed by atoms with Crippen LogP contribution in [0.1, 0.15) is 26.3 Å². The van der Waals surface area contributed by atoms with Gasteiger partial charge in [-0.2, -0.15) is 0 Å². The van der Waals surface area contributed by atoms with E-state index >= 15 is 0 Å². The SMILES string of the molecule is CCC(C)n1cnc(Cl)n1. The number of aromatic nitrogens is 3. The second-order valence-electron chi connectivity index (χ2n) is 2.25. The Labute approximate surface area is 65.0 Å². The summed E-state index contributed by atoms with van der Waals surface area (Å²) < 4.78 is 1.77. The number of hydrogen-bond acceptors (Lipinski definition) is 2. The lowest BCUT2D eigenvalue weighted by Crippen LogP contribution is -2.03. The highest BCUT2D eigenvalue weighted by atomic mass is 35.5. The van der Waals surface area contributed by atoms with Crippen LogP contribution in [0, 0.1) is 0 Å². The van der Waals surface area contributed by atoms with Crippen LogP contribution in [-0.2, 0) is 0 Å². The Balaban J connectivity index is 2.74. The molecular weight excluding hydrogens is 150 g/mol. The van der Waals surface area contributed by atoms with Crippen LogP contribution < -0.4 is 0 Å². The second kappa shape index (κ2) is 3.01. The molecule has 4 heteroatoms. The van der Waals surface area contributed by atoms with Crippen molar-refractivity contribution in [2.75, 3.05) is 0 Å². The van der Waals surface area contributed by atoms with Crippen molar-refractivity contribution < 1.29 is 0 Å². The van der Waals surface area contributed by atoms with Gasteiger partial charge in [-0.15, -0.1) is 5.10 Å². The molecule has 0 aliphatic heterocycles. The molecule has 0 bridgehead atoms. The van der Waals surface area contributed by atoms with Crippen LogP contribution in [-0.4, -0.2) is 14.8 Å². The first-order chi connectivity index (χ1) is 4.74. The maximum Gasteiger partial charge on any atom is 0.242 e. The maximum absolute atomic E-state index is 5.52. The summed E-state index contributed by atoms with van der Waals surface area (Å²) in [5, 5.41) is 4.27. The summed E-state index contributed by atoms with van der Waals surface area (Å²) in [4.78, 5) is 3.80. The van der Waals surface area contributed by atoms with E-state index in [0.29, 0.717) is 11.3 Å². The molecule has 0 fully saturated rings. The molecule has 56 valence electrons. The number of halogens is 1. The van der Waals surface area contributed by atoms with E-state index in [1.807, 2.05) is 0 Å². The molecule has 0 N–H and O–H groups in total. The van der Waals surface area contributed by atoms with Crippen molar-refractivity contribution in [3.05, 3.63) is 11.6 Å². The molecule has 3 nitrogen and oxygen atoms in total. The van der Waals surface area contributed by atoms with Gasteiger partial charge in [0.05, 0.1) is 6.04 Å². The quantitative estimate of drug-likeness (QED) is 0.660. The van der Waals surface area contributed by atoms with Crippen molar-refractivity contribution in [1.82, 2.24) is 14.8 Å². The molecule has 10 heavy (non-hydrogen) atoms. The number of hydrogen-bond donors (Lipinski definition) is 0. The highest BCUT2D eigenvalue weighted by Gasteiger charge is 2.02. The van der Waals surface area contributed by atoms with Crippen LogP contribution in [0.15, 0.2) is 6.33 Å². The largest absolute Gasteiger partial charge is 0.249 e. The Morgan fingerprint density at radius 1 is 1.80 bits per heavy atom. The standard InChI is InChI=1S/C6H10ClN3/c1-3-5(2)10-4-8-6(7)9-10/h4-5H,3H2,1-2H3. The average Bonchev–Trinajstić information content (AvgIpc) is 2.34. The van der Waals surface area contributed by atoms with Gasteiger partial charge in [0, 0.05) is 0 Å². The Hall–Kier alpha value is -0.570. The molecule has 1 heterocycles. The minimum Gasteiger partial charge on any atom is -0.249 e. The summed E-state index contributed by atoms with van der Waals surface area (Å²) in [6, 6.07) is 0.389. The molecular formula is C6H10ClN3. The monoisotopic (exact) mass is 159 g/mol. The van der Waals surface area contributed by atoms with Gasteiger partial charge in [0.2, 0.25) is 5.28 Å². The summed E-state index contributed by atoms with van der Waals surface area (Å²) in [6.45, 7) is 4.17. The van der Waals surface area contributed by atoms with E-state index in [9.17, 15) is 0 Å². The molecule has 1 atom stereocenters. The minimum absolute atomic E-state index is 0.320. The third-order valence-corrected chi connectivity index (χ3v) is 1.70. The fourth-order valence-electron chi connectivity index (χ4n) is 0.653. The zero-order valence-corrected chi connectivity index (χ0v) is 6.84. The normalized spacial score (nSPS) is 13.5. The van der Waals surface area contributed by atoms with Gasteiger partial charge in [-0.25, -0.2) is 9.67 Å². The Morgan fingerprint density at radius 2 is 2.50 bits per heavy atom. The molecule has 1 unspecified atom stereocenters. The van der Waals surface area contributed by atoms with Crippen LogP contribution in [0.4, 0.5) is 0 Å². The van der Waals surface area contributed by atoms with Crippen LogP contribution >= 0.6 is 11.6 Å². The number of rotatable bonds is 2. The van der Waals surface area contributed by atoms with Gasteiger partial charge in [0.25, 0.3) is 0 Å². The topological polar surface area (TPSA) is 30.7 Å². The van der Waals surface area contributed by atoms with E-state index in [1.165, 1.54) is 0 Å². The van der Waals surface area contributed by atoms with E-state index in [0.717, 1.165) is 6.42 Å². The molecule has 1 rings (SSSR count). The minimum atomic E-state index is 0.320. The highest BCUT2D eigenvalue weighted by molar-refractivity contribution is 6.28. The Bertz CT molecular complexity index is 209. The van der Waals surface area contributed by atoms with Gasteiger partial charge in [-0.05, 0) is 24.9 Å². The van der Waals surface area contributed by atoms with Gasteiger partial charge >= 0.3 is 0 Å². The van der Waals surface area contributed by atoms with Gasteiger partial charge in [0.15, 0.2) is 0 Å². The van der Waals surface area contributed by atoms with Crippen molar-refractivity contribution in [2.24, 2.45) is 0 Å². The summed E-state index contributed by atoms with van der Waals surface area (Å²) in [5.74, 6) is 0. The van der Waals surface area contributed by atoms with Gasteiger partial charge in [0.1, 0.15) is 6.33 Å². The molecule has 0 amide bonds. The lowest BCUT2D eigenvalue weighted by atomic mass is 10.3. The lowest BCUT2D eigenvalue weighted by molar-refractivity contribution is 0.477. The van der Waals surface area contributed by atoms with Crippen LogP contribution in [0.2, 0.25) is 5.28 Å². The van der Waals surface area contributed by atoms with Crippen LogP contribution in [0.5, 0.6) is 0 Å². The molecule has 0 aromatic carbocycles. The van der Waals surface area contributed by atoms with Crippen molar-refractivity contribution in [2.45, 2.75) is 26.3 Å². The highest BCUT2D eigenvalue weighted by Crippen LogP contribution is 2.08. The lowest BCUT2D eigenvalue weighted by Gasteiger charge is -2.05. The molecule has 0 aliphatic carbocycles. The molecule has 0 radical (unpaired) electrons. The third kappa shape index (κ3) is 1.48. The molecule has 0 aliphatic rings. The van der Waals surface area contributed by atoms with Crippen molar-refractivity contribution in [3.8, 4) is 0 Å². The fourth-order valence-corrected chi connectivity index (χ4v) is 0.784. The average molecular weight is 160 g/mol. The van der Waals surface area contributed by atoms with E-state index in [-0.39, 0.29) is 0 Å².